The van der Waals surface area contributed by atoms with Crippen molar-refractivity contribution in [1.82, 2.24) is 15.2 Å². The molecule has 2 aromatic rings. The van der Waals surface area contributed by atoms with Crippen LogP contribution in [0.25, 0.3) is 10.2 Å². The number of benzene rings is 1. The Morgan fingerprint density at radius 2 is 2.17 bits per heavy atom. The molecule has 0 bridgehead atoms. The van der Waals surface area contributed by atoms with Crippen molar-refractivity contribution in [1.29, 1.82) is 0 Å². The first-order chi connectivity index (χ1) is 8.74. The van der Waals surface area contributed by atoms with Gasteiger partial charge in [0.15, 0.2) is 0 Å². The average molecular weight is 265 g/mol. The summed E-state index contributed by atoms with van der Waals surface area (Å²) in [6, 6.07) is 5.14. The van der Waals surface area contributed by atoms with E-state index < -0.39 is 0 Å². The summed E-state index contributed by atoms with van der Waals surface area (Å²) in [5.41, 5.74) is 0.775. The van der Waals surface area contributed by atoms with Gasteiger partial charge in [-0.25, -0.2) is 9.37 Å². The molecule has 2 heterocycles. The monoisotopic (exact) mass is 265 g/mol. The highest BCUT2D eigenvalue weighted by molar-refractivity contribution is 7.18. The quantitative estimate of drug-likeness (QED) is 0.904. The topological polar surface area (TPSA) is 28.2 Å². The van der Waals surface area contributed by atoms with E-state index in [1.165, 1.54) is 12.1 Å². The first-order valence-electron chi connectivity index (χ1n) is 6.25. The Balaban J connectivity index is 1.88. The van der Waals surface area contributed by atoms with Crippen molar-refractivity contribution in [3.05, 3.63) is 29.0 Å². The van der Waals surface area contributed by atoms with E-state index in [9.17, 15) is 4.39 Å². The molecule has 18 heavy (non-hydrogen) atoms. The Hall–Kier alpha value is -1.04. The van der Waals surface area contributed by atoms with E-state index in [-0.39, 0.29) is 5.82 Å². The van der Waals surface area contributed by atoms with Crippen molar-refractivity contribution in [2.75, 3.05) is 26.2 Å². The predicted octanol–water partition coefficient (Wildman–Crippen LogP) is 2.40. The lowest BCUT2D eigenvalue weighted by molar-refractivity contribution is 0.185. The van der Waals surface area contributed by atoms with E-state index in [0.717, 1.165) is 41.4 Å². The number of nitrogens with one attached hydrogen (secondary N) is 1. The Bertz CT molecular complexity index is 548. The normalized spacial score (nSPS) is 19.2. The summed E-state index contributed by atoms with van der Waals surface area (Å²) in [5.74, 6) is -0.214. The van der Waals surface area contributed by atoms with E-state index in [2.05, 4.69) is 22.1 Å². The fourth-order valence-electron chi connectivity index (χ4n) is 2.32. The number of halogens is 1. The highest BCUT2D eigenvalue weighted by Crippen LogP contribution is 2.29. The minimum atomic E-state index is -0.214. The van der Waals surface area contributed by atoms with E-state index >= 15 is 0 Å². The minimum absolute atomic E-state index is 0.214. The van der Waals surface area contributed by atoms with E-state index in [1.807, 2.05) is 6.07 Å². The third kappa shape index (κ3) is 2.25. The molecule has 0 aliphatic carbocycles. The predicted molar refractivity (Wildman–Crippen MR) is 72.4 cm³/mol. The fourth-order valence-corrected chi connectivity index (χ4v) is 3.36. The zero-order valence-electron chi connectivity index (χ0n) is 10.3. The summed E-state index contributed by atoms with van der Waals surface area (Å²) >= 11 is 1.67. The van der Waals surface area contributed by atoms with Crippen LogP contribution in [-0.4, -0.2) is 36.1 Å². The van der Waals surface area contributed by atoms with E-state index in [0.29, 0.717) is 6.04 Å². The fraction of sp³-hybridized carbons (Fsp3) is 0.462. The lowest BCUT2D eigenvalue weighted by atomic mass is 10.2. The van der Waals surface area contributed by atoms with E-state index in [4.69, 9.17) is 0 Å². The molecule has 1 saturated heterocycles. The van der Waals surface area contributed by atoms with Crippen LogP contribution in [-0.2, 0) is 0 Å². The van der Waals surface area contributed by atoms with Crippen LogP contribution in [0.2, 0.25) is 0 Å². The first-order valence-corrected chi connectivity index (χ1v) is 7.06. The van der Waals surface area contributed by atoms with Crippen LogP contribution in [0.15, 0.2) is 18.2 Å². The van der Waals surface area contributed by atoms with Gasteiger partial charge in [-0.2, -0.15) is 0 Å². The molecule has 0 spiro atoms. The second kappa shape index (κ2) is 4.91. The summed E-state index contributed by atoms with van der Waals surface area (Å²) in [6.07, 6.45) is 0. The van der Waals surface area contributed by atoms with Gasteiger partial charge in [0.05, 0.1) is 16.3 Å². The number of hydrogen-bond donors (Lipinski definition) is 1. The average Bonchev–Trinajstić information content (AvgIpc) is 2.81. The van der Waals surface area contributed by atoms with Crippen LogP contribution in [0.3, 0.4) is 0 Å². The molecule has 0 radical (unpaired) electrons. The van der Waals surface area contributed by atoms with Gasteiger partial charge >= 0.3 is 0 Å². The molecule has 1 fully saturated rings. The molecule has 1 aromatic heterocycles. The number of piperazine rings is 1. The first kappa shape index (κ1) is 12.0. The van der Waals surface area contributed by atoms with Crippen molar-refractivity contribution in [3.8, 4) is 0 Å². The van der Waals surface area contributed by atoms with Crippen molar-refractivity contribution >= 4 is 21.6 Å². The van der Waals surface area contributed by atoms with Gasteiger partial charge in [0.25, 0.3) is 0 Å². The van der Waals surface area contributed by atoms with Crippen LogP contribution in [0.1, 0.15) is 18.0 Å². The molecule has 1 unspecified atom stereocenters. The summed E-state index contributed by atoms with van der Waals surface area (Å²) in [7, 11) is 0. The summed E-state index contributed by atoms with van der Waals surface area (Å²) < 4.78 is 14.2. The number of fused-ring (bicyclic) bond motifs is 1. The van der Waals surface area contributed by atoms with Gasteiger partial charge in [-0.1, -0.05) is 0 Å². The Labute approximate surface area is 110 Å². The van der Waals surface area contributed by atoms with Gasteiger partial charge in [-0.05, 0) is 19.1 Å². The number of aromatic nitrogens is 1. The highest BCUT2D eigenvalue weighted by atomic mass is 32.1. The van der Waals surface area contributed by atoms with Crippen LogP contribution >= 0.6 is 11.3 Å². The molecule has 5 heteroatoms. The van der Waals surface area contributed by atoms with Crippen LogP contribution in [0, 0.1) is 5.82 Å². The zero-order valence-corrected chi connectivity index (χ0v) is 11.1. The Kier molecular flexibility index (Phi) is 3.28. The number of nitrogens with zero attached hydrogens (tertiary/aromatic N) is 2. The number of rotatable bonds is 2. The highest BCUT2D eigenvalue weighted by Gasteiger charge is 2.20. The maximum absolute atomic E-state index is 13.1. The second-order valence-electron chi connectivity index (χ2n) is 4.63. The third-order valence-corrected chi connectivity index (χ3v) is 4.63. The van der Waals surface area contributed by atoms with Gasteiger partial charge < -0.3 is 5.32 Å². The Morgan fingerprint density at radius 1 is 1.39 bits per heavy atom. The van der Waals surface area contributed by atoms with Gasteiger partial charge in [0.2, 0.25) is 0 Å². The second-order valence-corrected chi connectivity index (χ2v) is 5.69. The van der Waals surface area contributed by atoms with Gasteiger partial charge in [-0.3, -0.25) is 4.90 Å². The lowest BCUT2D eigenvalue weighted by Crippen LogP contribution is -2.44. The van der Waals surface area contributed by atoms with Gasteiger partial charge in [0, 0.05) is 32.2 Å². The largest absolute Gasteiger partial charge is 0.314 e. The summed E-state index contributed by atoms with van der Waals surface area (Å²) in [6.45, 7) is 6.34. The SMILES string of the molecule is CC(c1nc2cc(F)ccc2s1)N1CCNCC1. The Morgan fingerprint density at radius 3 is 2.94 bits per heavy atom. The molecule has 1 N–H and O–H groups in total. The van der Waals surface area contributed by atoms with Crippen LogP contribution in [0.4, 0.5) is 4.39 Å². The molecular formula is C13H16FN3S. The van der Waals surface area contributed by atoms with Gasteiger partial charge in [0.1, 0.15) is 10.8 Å². The van der Waals surface area contributed by atoms with Crippen molar-refractivity contribution < 1.29 is 4.39 Å². The smallest absolute Gasteiger partial charge is 0.125 e. The van der Waals surface area contributed by atoms with E-state index in [1.54, 1.807) is 11.3 Å². The molecule has 1 aromatic carbocycles. The molecule has 1 aliphatic heterocycles. The van der Waals surface area contributed by atoms with Crippen molar-refractivity contribution in [2.24, 2.45) is 0 Å². The van der Waals surface area contributed by atoms with Crippen LogP contribution in [0.5, 0.6) is 0 Å². The standard InChI is InChI=1S/C13H16FN3S/c1-9(17-6-4-15-5-7-17)13-16-11-8-10(14)2-3-12(11)18-13/h2-3,8-9,15H,4-7H2,1H3. The maximum Gasteiger partial charge on any atom is 0.125 e. The molecule has 1 atom stereocenters. The minimum Gasteiger partial charge on any atom is -0.314 e. The van der Waals surface area contributed by atoms with Crippen molar-refractivity contribution in [3.63, 3.8) is 0 Å². The molecule has 3 rings (SSSR count). The molecule has 1 aliphatic rings. The molecule has 3 nitrogen and oxygen atoms in total. The number of thiazole rings is 1. The molecule has 96 valence electrons. The van der Waals surface area contributed by atoms with Crippen LogP contribution < -0.4 is 5.32 Å². The molecular weight excluding hydrogens is 249 g/mol. The number of hydrogen-bond acceptors (Lipinski definition) is 4. The third-order valence-electron chi connectivity index (χ3n) is 3.42. The van der Waals surface area contributed by atoms with Gasteiger partial charge in [-0.15, -0.1) is 11.3 Å². The lowest BCUT2D eigenvalue weighted by Gasteiger charge is -2.31. The molecule has 0 amide bonds. The molecule has 0 saturated carbocycles. The zero-order chi connectivity index (χ0) is 12.5. The maximum atomic E-state index is 13.1. The summed E-state index contributed by atoms with van der Waals surface area (Å²) in [5, 5.41) is 4.43. The van der Waals surface area contributed by atoms with Crippen molar-refractivity contribution in [2.45, 2.75) is 13.0 Å². The summed E-state index contributed by atoms with van der Waals surface area (Å²) in [4.78, 5) is 6.99.